The third kappa shape index (κ3) is 1.43. The zero-order valence-corrected chi connectivity index (χ0v) is 8.45. The van der Waals surface area contributed by atoms with Gasteiger partial charge in [-0.2, -0.15) is 0 Å². The molecule has 0 aromatic carbocycles. The molecule has 2 aromatic rings. The fraction of sp³-hybridized carbons (Fsp3) is 0.125. The van der Waals surface area contributed by atoms with Crippen LogP contribution in [0, 0.1) is 6.92 Å². The zero-order chi connectivity index (χ0) is 9.42. The highest BCUT2D eigenvalue weighted by atomic mass is 35.5. The summed E-state index contributed by atoms with van der Waals surface area (Å²) in [6.45, 7) is 1.80. The molecule has 0 amide bonds. The molecule has 0 saturated heterocycles. The first kappa shape index (κ1) is 8.59. The summed E-state index contributed by atoms with van der Waals surface area (Å²) < 4.78 is 5.78. The summed E-state index contributed by atoms with van der Waals surface area (Å²) in [5.41, 5.74) is 7.04. The largest absolute Gasteiger partial charge is 0.394 e. The van der Waals surface area contributed by atoms with Crippen molar-refractivity contribution in [1.29, 1.82) is 0 Å². The molecule has 0 radical (unpaired) electrons. The molecule has 0 aliphatic rings. The summed E-state index contributed by atoms with van der Waals surface area (Å²) in [6.07, 6.45) is 0. The number of halogens is 1. The van der Waals surface area contributed by atoms with Gasteiger partial charge in [0, 0.05) is 0 Å². The maximum absolute atomic E-state index is 5.79. The third-order valence-electron chi connectivity index (χ3n) is 1.71. The predicted molar refractivity (Wildman–Crippen MR) is 54.0 cm³/mol. The number of hydrogen-bond acceptors (Lipinski definition) is 4. The second-order valence-electron chi connectivity index (χ2n) is 2.61. The molecule has 2 N–H and O–H groups in total. The number of nitrogens with two attached hydrogens (primary N) is 1. The van der Waals surface area contributed by atoms with Gasteiger partial charge in [-0.15, -0.1) is 11.3 Å². The Morgan fingerprint density at radius 1 is 1.54 bits per heavy atom. The summed E-state index contributed by atoms with van der Waals surface area (Å²) in [5.74, 6) is 0.606. The van der Waals surface area contributed by atoms with Crippen molar-refractivity contribution in [3.05, 3.63) is 22.2 Å². The van der Waals surface area contributed by atoms with Crippen molar-refractivity contribution in [1.82, 2.24) is 5.16 Å². The van der Waals surface area contributed by atoms with Crippen molar-refractivity contribution in [2.24, 2.45) is 0 Å². The first-order valence-electron chi connectivity index (χ1n) is 3.66. The molecule has 0 bridgehead atoms. The maximum Gasteiger partial charge on any atom is 0.199 e. The summed E-state index contributed by atoms with van der Waals surface area (Å²) in [4.78, 5) is 0.906. The van der Waals surface area contributed by atoms with Crippen LogP contribution in [0.2, 0.25) is 4.34 Å². The molecule has 0 spiro atoms. The second kappa shape index (κ2) is 3.05. The molecule has 2 rings (SSSR count). The molecular weight excluding hydrogens is 208 g/mol. The minimum atomic E-state index is 0.582. The topological polar surface area (TPSA) is 52.0 Å². The lowest BCUT2D eigenvalue weighted by Gasteiger charge is -1.90. The highest BCUT2D eigenvalue weighted by molar-refractivity contribution is 7.19. The van der Waals surface area contributed by atoms with Gasteiger partial charge in [0.25, 0.3) is 0 Å². The Hall–Kier alpha value is -1.00. The number of anilines is 1. The van der Waals surface area contributed by atoms with Crippen LogP contribution in [0.5, 0.6) is 0 Å². The van der Waals surface area contributed by atoms with E-state index < -0.39 is 0 Å². The van der Waals surface area contributed by atoms with E-state index in [9.17, 15) is 0 Å². The molecule has 0 saturated carbocycles. The van der Waals surface area contributed by atoms with Gasteiger partial charge in [0.15, 0.2) is 5.76 Å². The van der Waals surface area contributed by atoms with Gasteiger partial charge >= 0.3 is 0 Å². The molecule has 0 atom stereocenters. The first-order chi connectivity index (χ1) is 6.18. The molecule has 3 nitrogen and oxygen atoms in total. The van der Waals surface area contributed by atoms with Crippen LogP contribution in [-0.4, -0.2) is 5.16 Å². The lowest BCUT2D eigenvalue weighted by atomic mass is 10.3. The van der Waals surface area contributed by atoms with Crippen LogP contribution in [0.25, 0.3) is 10.6 Å². The Labute approximate surface area is 84.1 Å². The normalized spacial score (nSPS) is 10.6. The fourth-order valence-corrected chi connectivity index (χ4v) is 2.03. The molecule has 5 heteroatoms. The Balaban J connectivity index is 2.52. The monoisotopic (exact) mass is 214 g/mol. The van der Waals surface area contributed by atoms with Gasteiger partial charge in [-0.25, -0.2) is 0 Å². The summed E-state index contributed by atoms with van der Waals surface area (Å²) in [6, 6.07) is 3.67. The third-order valence-corrected chi connectivity index (χ3v) is 2.94. The number of aromatic nitrogens is 1. The minimum Gasteiger partial charge on any atom is -0.394 e. The number of rotatable bonds is 1. The van der Waals surface area contributed by atoms with E-state index in [1.54, 1.807) is 13.0 Å². The van der Waals surface area contributed by atoms with Gasteiger partial charge in [0.2, 0.25) is 0 Å². The quantitative estimate of drug-likeness (QED) is 0.794. The number of hydrogen-bond donors (Lipinski definition) is 1. The number of thiophene rings is 1. The average molecular weight is 215 g/mol. The number of aryl methyl sites for hydroxylation is 1. The molecule has 2 heterocycles. The van der Waals surface area contributed by atoms with Gasteiger partial charge in [-0.1, -0.05) is 16.8 Å². The van der Waals surface area contributed by atoms with Crippen molar-refractivity contribution in [3.63, 3.8) is 0 Å². The van der Waals surface area contributed by atoms with E-state index in [2.05, 4.69) is 5.16 Å². The van der Waals surface area contributed by atoms with E-state index in [1.165, 1.54) is 11.3 Å². The van der Waals surface area contributed by atoms with Crippen molar-refractivity contribution >= 4 is 28.6 Å². The van der Waals surface area contributed by atoms with E-state index in [0.29, 0.717) is 21.5 Å². The zero-order valence-electron chi connectivity index (χ0n) is 6.87. The van der Waals surface area contributed by atoms with Crippen molar-refractivity contribution < 1.29 is 4.52 Å². The minimum absolute atomic E-state index is 0.582. The van der Waals surface area contributed by atoms with E-state index in [1.807, 2.05) is 6.07 Å². The Morgan fingerprint density at radius 3 is 2.77 bits per heavy atom. The van der Waals surface area contributed by atoms with E-state index in [-0.39, 0.29) is 0 Å². The van der Waals surface area contributed by atoms with Crippen LogP contribution in [0.3, 0.4) is 0 Å². The number of nitrogens with zero attached hydrogens (tertiary/aromatic N) is 1. The van der Waals surface area contributed by atoms with Crippen molar-refractivity contribution in [2.45, 2.75) is 6.92 Å². The molecule has 2 aromatic heterocycles. The van der Waals surface area contributed by atoms with E-state index >= 15 is 0 Å². The van der Waals surface area contributed by atoms with Gasteiger partial charge in [0.1, 0.15) is 11.4 Å². The van der Waals surface area contributed by atoms with Gasteiger partial charge in [0.05, 0.1) is 9.21 Å². The van der Waals surface area contributed by atoms with Crippen LogP contribution in [0.1, 0.15) is 5.69 Å². The second-order valence-corrected chi connectivity index (χ2v) is 4.33. The van der Waals surface area contributed by atoms with Crippen molar-refractivity contribution in [2.75, 3.05) is 5.73 Å². The molecule has 0 fully saturated rings. The maximum atomic E-state index is 5.79. The number of nitrogen functional groups attached to an aromatic ring is 1. The summed E-state index contributed by atoms with van der Waals surface area (Å²) in [7, 11) is 0. The summed E-state index contributed by atoms with van der Waals surface area (Å²) >= 11 is 7.21. The highest BCUT2D eigenvalue weighted by Gasteiger charge is 2.13. The van der Waals surface area contributed by atoms with Gasteiger partial charge in [-0.3, -0.25) is 0 Å². The average Bonchev–Trinajstić information content (AvgIpc) is 2.62. The molecule has 0 aliphatic carbocycles. The fourth-order valence-electron chi connectivity index (χ4n) is 0.991. The predicted octanol–water partition coefficient (Wildman–Crippen LogP) is 2.95. The Kier molecular flexibility index (Phi) is 2.01. The smallest absolute Gasteiger partial charge is 0.199 e. The Morgan fingerprint density at radius 2 is 2.31 bits per heavy atom. The van der Waals surface area contributed by atoms with Crippen LogP contribution in [-0.2, 0) is 0 Å². The highest BCUT2D eigenvalue weighted by Crippen LogP contribution is 2.35. The van der Waals surface area contributed by atoms with Crippen LogP contribution in [0.4, 0.5) is 5.69 Å². The summed E-state index contributed by atoms with van der Waals surface area (Å²) in [5, 5.41) is 3.77. The standard InChI is InChI=1S/C8H7ClN2OS/c1-4-7(10)8(12-11-4)5-2-3-6(9)13-5/h2-3H,10H2,1H3. The lowest BCUT2D eigenvalue weighted by molar-refractivity contribution is 0.428. The molecule has 68 valence electrons. The van der Waals surface area contributed by atoms with E-state index in [0.717, 1.165) is 4.88 Å². The lowest BCUT2D eigenvalue weighted by Crippen LogP contribution is -1.86. The van der Waals surface area contributed by atoms with Crippen LogP contribution >= 0.6 is 22.9 Å². The first-order valence-corrected chi connectivity index (χ1v) is 4.85. The van der Waals surface area contributed by atoms with Crippen molar-refractivity contribution in [3.8, 4) is 10.6 Å². The van der Waals surface area contributed by atoms with Gasteiger partial charge in [-0.05, 0) is 19.1 Å². The SMILES string of the molecule is Cc1noc(-c2ccc(Cl)s2)c1N. The van der Waals surface area contributed by atoms with Gasteiger partial charge < -0.3 is 10.3 Å². The molecule has 0 unspecified atom stereocenters. The molecule has 13 heavy (non-hydrogen) atoms. The van der Waals surface area contributed by atoms with E-state index in [4.69, 9.17) is 21.9 Å². The van der Waals surface area contributed by atoms with Crippen LogP contribution < -0.4 is 5.73 Å². The molecule has 0 aliphatic heterocycles. The Bertz CT molecular complexity index is 435. The van der Waals surface area contributed by atoms with Crippen LogP contribution in [0.15, 0.2) is 16.7 Å². The molecular formula is C8H7ClN2OS.